The number of carbonyl (C=O) groups is 1. The Kier molecular flexibility index (Phi) is 3.99. The summed E-state index contributed by atoms with van der Waals surface area (Å²) in [7, 11) is 0. The van der Waals surface area contributed by atoms with Crippen LogP contribution in [0.2, 0.25) is 0 Å². The second-order valence-electron chi connectivity index (χ2n) is 5.74. The van der Waals surface area contributed by atoms with Crippen LogP contribution in [0.15, 0.2) is 54.6 Å². The Balaban J connectivity index is 1.51. The lowest BCUT2D eigenvalue weighted by Crippen LogP contribution is -2.24. The molecule has 6 nitrogen and oxygen atoms in total. The average Bonchev–Trinajstić information content (AvgIpc) is 3.07. The monoisotopic (exact) mass is 338 g/mol. The number of rotatable bonds is 3. The molecule has 0 fully saturated rings. The van der Waals surface area contributed by atoms with Crippen molar-refractivity contribution in [3.05, 3.63) is 77.4 Å². The molecule has 1 atom stereocenters. The summed E-state index contributed by atoms with van der Waals surface area (Å²) in [6.45, 7) is 0.745. The van der Waals surface area contributed by atoms with Crippen molar-refractivity contribution in [1.29, 1.82) is 0 Å². The van der Waals surface area contributed by atoms with Gasteiger partial charge in [0.05, 0.1) is 18.8 Å². The first-order valence-electron chi connectivity index (χ1n) is 7.86. The summed E-state index contributed by atoms with van der Waals surface area (Å²) in [6.07, 6.45) is -0.122. The Morgan fingerprint density at radius 3 is 2.68 bits per heavy atom. The number of nitrogens with zero attached hydrogens (tertiary/aromatic N) is 3. The highest BCUT2D eigenvalue weighted by molar-refractivity contribution is 6.03. The number of anilines is 1. The normalized spacial score (nSPS) is 16.3. The highest BCUT2D eigenvalue weighted by Gasteiger charge is 2.27. The third-order valence-corrected chi connectivity index (χ3v) is 4.09. The fourth-order valence-electron chi connectivity index (χ4n) is 2.78. The maximum Gasteiger partial charge on any atom is 0.278 e. The van der Waals surface area contributed by atoms with E-state index in [4.69, 9.17) is 4.74 Å². The molecule has 126 valence electrons. The van der Waals surface area contributed by atoms with E-state index in [0.29, 0.717) is 17.9 Å². The van der Waals surface area contributed by atoms with Crippen LogP contribution in [0.3, 0.4) is 0 Å². The van der Waals surface area contributed by atoms with Crippen LogP contribution >= 0.6 is 0 Å². The zero-order chi connectivity index (χ0) is 17.2. The largest absolute Gasteiger partial charge is 0.365 e. The van der Waals surface area contributed by atoms with E-state index in [1.54, 1.807) is 4.68 Å². The molecule has 1 aromatic heterocycles. The second-order valence-corrected chi connectivity index (χ2v) is 5.74. The molecule has 0 radical (unpaired) electrons. The summed E-state index contributed by atoms with van der Waals surface area (Å²) in [6, 6.07) is 15.4. The van der Waals surface area contributed by atoms with Gasteiger partial charge in [0, 0.05) is 5.69 Å². The minimum Gasteiger partial charge on any atom is -0.365 e. The van der Waals surface area contributed by atoms with Crippen LogP contribution in [0.5, 0.6) is 0 Å². The van der Waals surface area contributed by atoms with E-state index in [9.17, 15) is 9.18 Å². The number of carbonyl (C=O) groups excluding carboxylic acids is 1. The Morgan fingerprint density at radius 2 is 1.92 bits per heavy atom. The number of amides is 1. The van der Waals surface area contributed by atoms with Crippen molar-refractivity contribution >= 4 is 11.6 Å². The van der Waals surface area contributed by atoms with Gasteiger partial charge < -0.3 is 10.1 Å². The molecule has 0 spiro atoms. The Labute approximate surface area is 143 Å². The van der Waals surface area contributed by atoms with Crippen molar-refractivity contribution < 1.29 is 13.9 Å². The molecule has 25 heavy (non-hydrogen) atoms. The minimum absolute atomic E-state index is 0.122. The smallest absolute Gasteiger partial charge is 0.278 e. The molecule has 2 aromatic carbocycles. The van der Waals surface area contributed by atoms with Crippen LogP contribution in [-0.4, -0.2) is 20.9 Å². The maximum atomic E-state index is 12.9. The lowest BCUT2D eigenvalue weighted by atomic mass is 10.1. The van der Waals surface area contributed by atoms with Crippen molar-refractivity contribution in [1.82, 2.24) is 15.0 Å². The minimum atomic E-state index is -0.394. The van der Waals surface area contributed by atoms with Gasteiger partial charge >= 0.3 is 0 Å². The standard InChI is InChI=1S/C18H15FN4O2/c19-13-6-8-14(9-7-13)20-18(24)17-15-11-25-16(10-23(15)22-21-17)12-4-2-1-3-5-12/h1-9,16H,10-11H2,(H,20,24)/t16-/m0/s1. The zero-order valence-corrected chi connectivity index (χ0v) is 13.2. The predicted molar refractivity (Wildman–Crippen MR) is 88.3 cm³/mol. The van der Waals surface area contributed by atoms with Gasteiger partial charge in [0.1, 0.15) is 11.9 Å². The third kappa shape index (κ3) is 3.14. The van der Waals surface area contributed by atoms with Crippen LogP contribution in [0.25, 0.3) is 0 Å². The number of aromatic nitrogens is 3. The summed E-state index contributed by atoms with van der Waals surface area (Å²) in [5.74, 6) is -0.756. The van der Waals surface area contributed by atoms with E-state index in [0.717, 1.165) is 5.56 Å². The lowest BCUT2D eigenvalue weighted by molar-refractivity contribution is -0.00171. The summed E-state index contributed by atoms with van der Waals surface area (Å²) < 4.78 is 20.5. The molecule has 2 heterocycles. The van der Waals surface area contributed by atoms with Gasteiger partial charge in [-0.05, 0) is 29.8 Å². The van der Waals surface area contributed by atoms with Crippen molar-refractivity contribution in [2.45, 2.75) is 19.3 Å². The van der Waals surface area contributed by atoms with Gasteiger partial charge in [0.15, 0.2) is 5.69 Å². The molecular formula is C18H15FN4O2. The van der Waals surface area contributed by atoms with Crippen LogP contribution < -0.4 is 5.32 Å². The van der Waals surface area contributed by atoms with E-state index in [1.807, 2.05) is 30.3 Å². The van der Waals surface area contributed by atoms with Crippen molar-refractivity contribution in [2.24, 2.45) is 0 Å². The van der Waals surface area contributed by atoms with E-state index in [1.165, 1.54) is 24.3 Å². The molecule has 0 aliphatic carbocycles. The number of ether oxygens (including phenoxy) is 1. The molecule has 1 amide bonds. The van der Waals surface area contributed by atoms with E-state index >= 15 is 0 Å². The topological polar surface area (TPSA) is 69.0 Å². The van der Waals surface area contributed by atoms with Gasteiger partial charge in [0.2, 0.25) is 0 Å². The predicted octanol–water partition coefficient (Wildman–Crippen LogP) is 2.94. The number of hydrogen-bond acceptors (Lipinski definition) is 4. The van der Waals surface area contributed by atoms with Crippen LogP contribution in [0.1, 0.15) is 27.8 Å². The average molecular weight is 338 g/mol. The molecule has 1 aliphatic heterocycles. The molecule has 0 bridgehead atoms. The first kappa shape index (κ1) is 15.5. The molecule has 0 saturated carbocycles. The first-order chi connectivity index (χ1) is 12.2. The Hall–Kier alpha value is -3.06. The SMILES string of the molecule is O=C(Nc1ccc(F)cc1)c1nnn2c1CO[C@H](c1ccccc1)C2. The number of nitrogens with one attached hydrogen (secondary N) is 1. The summed E-state index contributed by atoms with van der Waals surface area (Å²) in [5, 5.41) is 10.7. The maximum absolute atomic E-state index is 12.9. The summed E-state index contributed by atoms with van der Waals surface area (Å²) in [4.78, 5) is 12.4. The third-order valence-electron chi connectivity index (χ3n) is 4.09. The fraction of sp³-hybridized carbons (Fsp3) is 0.167. The number of hydrogen-bond donors (Lipinski definition) is 1. The number of halogens is 1. The molecule has 1 aliphatic rings. The van der Waals surface area contributed by atoms with Crippen molar-refractivity contribution in [2.75, 3.05) is 5.32 Å². The summed E-state index contributed by atoms with van der Waals surface area (Å²) >= 11 is 0. The quantitative estimate of drug-likeness (QED) is 0.797. The van der Waals surface area contributed by atoms with E-state index in [-0.39, 0.29) is 24.2 Å². The highest BCUT2D eigenvalue weighted by Crippen LogP contribution is 2.27. The van der Waals surface area contributed by atoms with Crippen LogP contribution in [0, 0.1) is 5.82 Å². The van der Waals surface area contributed by atoms with Crippen molar-refractivity contribution in [3.8, 4) is 0 Å². The molecule has 0 saturated heterocycles. The molecule has 1 N–H and O–H groups in total. The Bertz CT molecular complexity index is 893. The van der Waals surface area contributed by atoms with Crippen molar-refractivity contribution in [3.63, 3.8) is 0 Å². The first-order valence-corrected chi connectivity index (χ1v) is 7.86. The van der Waals surface area contributed by atoms with E-state index in [2.05, 4.69) is 15.6 Å². The molecule has 3 aromatic rings. The highest BCUT2D eigenvalue weighted by atomic mass is 19.1. The molecule has 0 unspecified atom stereocenters. The Morgan fingerprint density at radius 1 is 1.16 bits per heavy atom. The second kappa shape index (κ2) is 6.45. The van der Waals surface area contributed by atoms with Crippen LogP contribution in [0.4, 0.5) is 10.1 Å². The van der Waals surface area contributed by atoms with Gasteiger partial charge in [-0.3, -0.25) is 4.79 Å². The van der Waals surface area contributed by atoms with Gasteiger partial charge in [-0.15, -0.1) is 5.10 Å². The van der Waals surface area contributed by atoms with Crippen LogP contribution in [-0.2, 0) is 17.9 Å². The number of fused-ring (bicyclic) bond motifs is 1. The van der Waals surface area contributed by atoms with E-state index < -0.39 is 5.91 Å². The number of benzene rings is 2. The molecule has 4 rings (SSSR count). The lowest BCUT2D eigenvalue weighted by Gasteiger charge is -2.24. The zero-order valence-electron chi connectivity index (χ0n) is 13.2. The van der Waals surface area contributed by atoms with Gasteiger partial charge in [-0.2, -0.15) is 0 Å². The van der Waals surface area contributed by atoms with Gasteiger partial charge in [0.25, 0.3) is 5.91 Å². The van der Waals surface area contributed by atoms with Gasteiger partial charge in [-0.1, -0.05) is 35.5 Å². The van der Waals surface area contributed by atoms with Gasteiger partial charge in [-0.25, -0.2) is 9.07 Å². The fourth-order valence-corrected chi connectivity index (χ4v) is 2.78. The molecular weight excluding hydrogens is 323 g/mol. The molecule has 7 heteroatoms. The summed E-state index contributed by atoms with van der Waals surface area (Å²) in [5.41, 5.74) is 2.40.